The molecule has 5 heteroatoms. The summed E-state index contributed by atoms with van der Waals surface area (Å²) in [5.41, 5.74) is 0. The number of rotatable bonds is 1. The second kappa shape index (κ2) is 3.34. The minimum absolute atomic E-state index is 0.123. The third kappa shape index (κ3) is 1.81. The van der Waals surface area contributed by atoms with Crippen LogP contribution in [0.15, 0.2) is 0 Å². The van der Waals surface area contributed by atoms with Crippen molar-refractivity contribution in [3.63, 3.8) is 0 Å². The van der Waals surface area contributed by atoms with E-state index in [1.807, 2.05) is 6.92 Å². The molecule has 0 aliphatic carbocycles. The third-order valence-electron chi connectivity index (χ3n) is 1.66. The Bertz CT molecular complexity index is 221. The summed E-state index contributed by atoms with van der Waals surface area (Å²) in [6, 6.07) is 0. The van der Waals surface area contributed by atoms with Crippen molar-refractivity contribution in [2.24, 2.45) is 0 Å². The van der Waals surface area contributed by atoms with E-state index in [1.54, 1.807) is 0 Å². The molecule has 0 unspecified atom stereocenters. The molecule has 0 radical (unpaired) electrons. The van der Waals surface area contributed by atoms with Gasteiger partial charge in [-0.1, -0.05) is 6.92 Å². The Labute approximate surface area is 70.2 Å². The van der Waals surface area contributed by atoms with Crippen molar-refractivity contribution in [1.29, 1.82) is 5.41 Å². The molecule has 1 saturated heterocycles. The number of nitrogens with one attached hydrogen (secondary N) is 2. The molecule has 12 heavy (non-hydrogen) atoms. The van der Waals surface area contributed by atoms with Gasteiger partial charge in [0.25, 0.3) is 0 Å². The van der Waals surface area contributed by atoms with E-state index in [-0.39, 0.29) is 24.9 Å². The zero-order valence-corrected chi connectivity index (χ0v) is 6.89. The summed E-state index contributed by atoms with van der Waals surface area (Å²) in [5, 5.41) is 9.58. The van der Waals surface area contributed by atoms with Crippen LogP contribution in [0.3, 0.4) is 0 Å². The first-order valence-corrected chi connectivity index (χ1v) is 3.78. The fraction of sp³-hybridized carbons (Fsp3) is 0.571. The molecule has 1 aliphatic rings. The highest BCUT2D eigenvalue weighted by Gasteiger charge is 2.23. The fourth-order valence-electron chi connectivity index (χ4n) is 1.05. The third-order valence-corrected chi connectivity index (χ3v) is 1.66. The lowest BCUT2D eigenvalue weighted by Crippen LogP contribution is -2.53. The largest absolute Gasteiger partial charge is 0.342 e. The molecular formula is C7H11N3O2. The van der Waals surface area contributed by atoms with E-state index in [1.165, 1.54) is 4.90 Å². The molecule has 5 nitrogen and oxygen atoms in total. The van der Waals surface area contributed by atoms with Crippen LogP contribution in [-0.4, -0.2) is 35.6 Å². The number of nitrogens with zero attached hydrogens (tertiary/aromatic N) is 1. The molecule has 0 spiro atoms. The van der Waals surface area contributed by atoms with Gasteiger partial charge in [-0.2, -0.15) is 0 Å². The average Bonchev–Trinajstić information content (AvgIpc) is 2.01. The highest BCUT2D eigenvalue weighted by atomic mass is 16.2. The molecule has 0 bridgehead atoms. The van der Waals surface area contributed by atoms with Gasteiger partial charge in [0.15, 0.2) is 0 Å². The molecule has 2 amide bonds. The minimum atomic E-state index is -0.329. The Morgan fingerprint density at radius 3 is 2.42 bits per heavy atom. The number of carbonyl (C=O) groups is 2. The number of amidine groups is 1. The monoisotopic (exact) mass is 169 g/mol. The Morgan fingerprint density at radius 1 is 1.50 bits per heavy atom. The number of piperazine rings is 1. The van der Waals surface area contributed by atoms with E-state index in [0.29, 0.717) is 12.3 Å². The molecular weight excluding hydrogens is 158 g/mol. The molecule has 0 saturated carbocycles. The first-order valence-electron chi connectivity index (χ1n) is 3.78. The number of amides is 2. The topological polar surface area (TPSA) is 73.3 Å². The van der Waals surface area contributed by atoms with Crippen molar-refractivity contribution in [2.45, 2.75) is 13.3 Å². The van der Waals surface area contributed by atoms with Gasteiger partial charge in [0, 0.05) is 6.42 Å². The summed E-state index contributed by atoms with van der Waals surface area (Å²) in [6.07, 6.45) is 0.542. The molecule has 2 N–H and O–H groups in total. The zero-order valence-electron chi connectivity index (χ0n) is 6.89. The van der Waals surface area contributed by atoms with Crippen molar-refractivity contribution in [2.75, 3.05) is 13.1 Å². The van der Waals surface area contributed by atoms with Crippen LogP contribution in [0.25, 0.3) is 0 Å². The Hall–Kier alpha value is -1.39. The van der Waals surface area contributed by atoms with Crippen molar-refractivity contribution in [3.05, 3.63) is 0 Å². The molecule has 1 aliphatic heterocycles. The van der Waals surface area contributed by atoms with Gasteiger partial charge in [0.1, 0.15) is 0 Å². The van der Waals surface area contributed by atoms with Crippen LogP contribution in [0.4, 0.5) is 0 Å². The van der Waals surface area contributed by atoms with E-state index in [0.717, 1.165) is 0 Å². The zero-order chi connectivity index (χ0) is 9.14. The first-order chi connectivity index (χ1) is 5.63. The van der Waals surface area contributed by atoms with Crippen molar-refractivity contribution in [1.82, 2.24) is 10.2 Å². The van der Waals surface area contributed by atoms with Crippen LogP contribution in [0.2, 0.25) is 0 Å². The van der Waals surface area contributed by atoms with Gasteiger partial charge in [0.05, 0.1) is 18.9 Å². The van der Waals surface area contributed by atoms with Gasteiger partial charge >= 0.3 is 0 Å². The van der Waals surface area contributed by atoms with Crippen molar-refractivity contribution in [3.8, 4) is 0 Å². The van der Waals surface area contributed by atoms with E-state index in [2.05, 4.69) is 5.32 Å². The normalized spacial score (nSPS) is 17.6. The van der Waals surface area contributed by atoms with Gasteiger partial charge in [-0.25, -0.2) is 0 Å². The molecule has 0 atom stereocenters. The Kier molecular flexibility index (Phi) is 2.42. The second-order valence-electron chi connectivity index (χ2n) is 2.63. The number of hydrogen-bond donors (Lipinski definition) is 2. The smallest absolute Gasteiger partial charge is 0.246 e. The summed E-state index contributed by atoms with van der Waals surface area (Å²) in [6.45, 7) is 2.07. The SMILES string of the molecule is CCC(=N)N1CC(=O)NC(=O)C1. The van der Waals surface area contributed by atoms with E-state index < -0.39 is 0 Å². The van der Waals surface area contributed by atoms with E-state index in [4.69, 9.17) is 5.41 Å². The fourth-order valence-corrected chi connectivity index (χ4v) is 1.05. The Morgan fingerprint density at radius 2 is 2.00 bits per heavy atom. The van der Waals surface area contributed by atoms with Crippen LogP contribution in [-0.2, 0) is 9.59 Å². The van der Waals surface area contributed by atoms with Gasteiger partial charge in [-0.15, -0.1) is 0 Å². The van der Waals surface area contributed by atoms with Gasteiger partial charge in [-0.3, -0.25) is 20.3 Å². The van der Waals surface area contributed by atoms with Crippen LogP contribution in [0.5, 0.6) is 0 Å². The molecule has 1 fully saturated rings. The molecule has 0 aromatic heterocycles. The van der Waals surface area contributed by atoms with E-state index in [9.17, 15) is 9.59 Å². The highest BCUT2D eigenvalue weighted by Crippen LogP contribution is 1.97. The van der Waals surface area contributed by atoms with Crippen molar-refractivity contribution < 1.29 is 9.59 Å². The predicted molar refractivity (Wildman–Crippen MR) is 42.7 cm³/mol. The van der Waals surface area contributed by atoms with Crippen molar-refractivity contribution >= 4 is 17.6 Å². The standard InChI is InChI=1S/C7H11N3O2/c1-2-5(8)10-3-6(11)9-7(12)4-10/h8H,2-4H2,1H3,(H,9,11,12). The minimum Gasteiger partial charge on any atom is -0.342 e. The van der Waals surface area contributed by atoms with E-state index >= 15 is 0 Å². The predicted octanol–water partition coefficient (Wildman–Crippen LogP) is -0.668. The molecule has 1 rings (SSSR count). The summed E-state index contributed by atoms with van der Waals surface area (Å²) in [4.78, 5) is 23.1. The first kappa shape index (κ1) is 8.70. The average molecular weight is 169 g/mol. The van der Waals surface area contributed by atoms with Crippen LogP contribution in [0.1, 0.15) is 13.3 Å². The van der Waals surface area contributed by atoms with Crippen LogP contribution >= 0.6 is 0 Å². The molecule has 66 valence electrons. The number of carbonyl (C=O) groups excluding carboxylic acids is 2. The molecule has 0 aromatic carbocycles. The Balaban J connectivity index is 2.61. The molecule has 1 heterocycles. The second-order valence-corrected chi connectivity index (χ2v) is 2.63. The molecule has 0 aromatic rings. The van der Waals surface area contributed by atoms with Gasteiger partial charge < -0.3 is 4.90 Å². The maximum absolute atomic E-state index is 10.8. The van der Waals surface area contributed by atoms with Crippen LogP contribution < -0.4 is 5.32 Å². The van der Waals surface area contributed by atoms with Gasteiger partial charge in [0.2, 0.25) is 11.8 Å². The summed E-state index contributed by atoms with van der Waals surface area (Å²) in [5.74, 6) is -0.327. The lowest BCUT2D eigenvalue weighted by atomic mass is 10.3. The van der Waals surface area contributed by atoms with Gasteiger partial charge in [-0.05, 0) is 0 Å². The quantitative estimate of drug-likeness (QED) is 0.310. The summed E-state index contributed by atoms with van der Waals surface area (Å²) in [7, 11) is 0. The highest BCUT2D eigenvalue weighted by molar-refractivity contribution is 6.02. The maximum Gasteiger partial charge on any atom is 0.246 e. The lowest BCUT2D eigenvalue weighted by molar-refractivity contribution is -0.134. The maximum atomic E-state index is 10.8. The summed E-state index contributed by atoms with van der Waals surface area (Å²) >= 11 is 0. The van der Waals surface area contributed by atoms with Crippen LogP contribution in [0, 0.1) is 5.41 Å². The number of hydrogen-bond acceptors (Lipinski definition) is 3. The lowest BCUT2D eigenvalue weighted by Gasteiger charge is -2.26. The summed E-state index contributed by atoms with van der Waals surface area (Å²) < 4.78 is 0. The number of imide groups is 1.